The van der Waals surface area contributed by atoms with Crippen LogP contribution in [0.3, 0.4) is 0 Å². The molecule has 0 aromatic heterocycles. The van der Waals surface area contributed by atoms with Gasteiger partial charge in [-0.3, -0.25) is 9.59 Å². The third kappa shape index (κ3) is 7.01. The zero-order chi connectivity index (χ0) is 23.7. The summed E-state index contributed by atoms with van der Waals surface area (Å²) < 4.78 is 11.0. The van der Waals surface area contributed by atoms with Crippen LogP contribution in [0.15, 0.2) is 42.5 Å². The van der Waals surface area contributed by atoms with Crippen molar-refractivity contribution >= 4 is 11.8 Å². The third-order valence-electron chi connectivity index (χ3n) is 5.74. The van der Waals surface area contributed by atoms with Gasteiger partial charge in [-0.2, -0.15) is 0 Å². The number of aryl methyl sites for hydroxylation is 2. The predicted molar refractivity (Wildman–Crippen MR) is 127 cm³/mol. The van der Waals surface area contributed by atoms with E-state index in [1.54, 1.807) is 12.0 Å². The summed E-state index contributed by atoms with van der Waals surface area (Å²) in [6.07, 6.45) is 1.33. The Morgan fingerprint density at radius 1 is 0.969 bits per heavy atom. The van der Waals surface area contributed by atoms with Crippen molar-refractivity contribution in [3.63, 3.8) is 0 Å². The summed E-state index contributed by atoms with van der Waals surface area (Å²) in [4.78, 5) is 27.8. The molecular weight excluding hydrogens is 404 g/mol. The molecule has 0 saturated heterocycles. The molecule has 0 fully saturated rings. The molecule has 0 radical (unpaired) electrons. The van der Waals surface area contributed by atoms with Gasteiger partial charge in [-0.25, -0.2) is 0 Å². The second-order valence-electron chi connectivity index (χ2n) is 8.15. The van der Waals surface area contributed by atoms with Gasteiger partial charge in [-0.1, -0.05) is 32.0 Å². The number of hydrogen-bond donors (Lipinski definition) is 1. The molecule has 6 heteroatoms. The van der Waals surface area contributed by atoms with Gasteiger partial charge in [0.1, 0.15) is 17.5 Å². The SMILES string of the molecule is CC[C@H](C)NC(=O)[C@H](CC)N(Cc1ccc(OC)cc1)C(=O)COc1ccc(C)c(C)c1. The van der Waals surface area contributed by atoms with Gasteiger partial charge in [-0.05, 0) is 74.6 Å². The second kappa shape index (κ2) is 12.1. The van der Waals surface area contributed by atoms with E-state index in [-0.39, 0.29) is 24.5 Å². The summed E-state index contributed by atoms with van der Waals surface area (Å²) in [5.74, 6) is 1.01. The van der Waals surface area contributed by atoms with E-state index in [4.69, 9.17) is 9.47 Å². The Morgan fingerprint density at radius 2 is 1.62 bits per heavy atom. The van der Waals surface area contributed by atoms with E-state index in [0.29, 0.717) is 18.7 Å². The van der Waals surface area contributed by atoms with Gasteiger partial charge in [0, 0.05) is 12.6 Å². The number of hydrogen-bond acceptors (Lipinski definition) is 4. The Bertz CT molecular complexity index is 895. The fourth-order valence-corrected chi connectivity index (χ4v) is 3.32. The minimum absolute atomic E-state index is 0.0428. The van der Waals surface area contributed by atoms with Crippen LogP contribution < -0.4 is 14.8 Å². The lowest BCUT2D eigenvalue weighted by molar-refractivity contribution is -0.143. The number of nitrogens with zero attached hydrogens (tertiary/aromatic N) is 1. The van der Waals surface area contributed by atoms with Gasteiger partial charge in [0.15, 0.2) is 6.61 Å². The van der Waals surface area contributed by atoms with Crippen LogP contribution in [0.2, 0.25) is 0 Å². The molecular formula is C26H36N2O4. The molecule has 0 spiro atoms. The van der Waals surface area contributed by atoms with E-state index in [1.165, 1.54) is 0 Å². The molecule has 0 aliphatic carbocycles. The molecule has 1 N–H and O–H groups in total. The molecule has 6 nitrogen and oxygen atoms in total. The first-order valence-electron chi connectivity index (χ1n) is 11.2. The smallest absolute Gasteiger partial charge is 0.261 e. The predicted octanol–water partition coefficient (Wildman–Crippen LogP) is 4.41. The molecule has 0 aliphatic rings. The maximum Gasteiger partial charge on any atom is 0.261 e. The van der Waals surface area contributed by atoms with E-state index in [0.717, 1.165) is 28.9 Å². The topological polar surface area (TPSA) is 67.9 Å². The number of amides is 2. The van der Waals surface area contributed by atoms with Crippen LogP contribution >= 0.6 is 0 Å². The summed E-state index contributed by atoms with van der Waals surface area (Å²) in [5.41, 5.74) is 3.18. The van der Waals surface area contributed by atoms with Gasteiger partial charge in [0.2, 0.25) is 5.91 Å². The van der Waals surface area contributed by atoms with Crippen LogP contribution in [0.25, 0.3) is 0 Å². The number of carbonyl (C=O) groups is 2. The van der Waals surface area contributed by atoms with Gasteiger partial charge in [-0.15, -0.1) is 0 Å². The molecule has 2 aromatic carbocycles. The van der Waals surface area contributed by atoms with E-state index in [1.807, 2.05) is 77.1 Å². The largest absolute Gasteiger partial charge is 0.497 e. The Labute approximate surface area is 191 Å². The molecule has 0 bridgehead atoms. The molecule has 32 heavy (non-hydrogen) atoms. The highest BCUT2D eigenvalue weighted by Gasteiger charge is 2.29. The normalized spacial score (nSPS) is 12.6. The minimum atomic E-state index is -0.582. The minimum Gasteiger partial charge on any atom is -0.497 e. The number of benzene rings is 2. The summed E-state index contributed by atoms with van der Waals surface area (Å²) in [7, 11) is 1.61. The zero-order valence-electron chi connectivity index (χ0n) is 20.1. The first kappa shape index (κ1) is 25.2. The number of carbonyl (C=O) groups excluding carboxylic acids is 2. The molecule has 2 amide bonds. The lowest BCUT2D eigenvalue weighted by atomic mass is 10.1. The maximum atomic E-state index is 13.3. The van der Waals surface area contributed by atoms with Crippen LogP contribution in [0.5, 0.6) is 11.5 Å². The first-order chi connectivity index (χ1) is 15.3. The van der Waals surface area contributed by atoms with Crippen LogP contribution in [0, 0.1) is 13.8 Å². The van der Waals surface area contributed by atoms with Crippen LogP contribution in [-0.4, -0.2) is 42.5 Å². The maximum absolute atomic E-state index is 13.3. The van der Waals surface area contributed by atoms with Gasteiger partial charge < -0.3 is 19.7 Å². The monoisotopic (exact) mass is 440 g/mol. The van der Waals surface area contributed by atoms with Crippen molar-refractivity contribution in [3.8, 4) is 11.5 Å². The van der Waals surface area contributed by atoms with E-state index in [9.17, 15) is 9.59 Å². The molecule has 174 valence electrons. The van der Waals surface area contributed by atoms with Gasteiger partial charge >= 0.3 is 0 Å². The fraction of sp³-hybridized carbons (Fsp3) is 0.462. The quantitative estimate of drug-likeness (QED) is 0.562. The Morgan fingerprint density at radius 3 is 2.19 bits per heavy atom. The standard InChI is InChI=1S/C26H36N2O4/c1-7-20(5)27-26(30)24(8-2)28(16-21-10-13-22(31-6)14-11-21)25(29)17-32-23-12-9-18(3)19(4)15-23/h9-15,20,24H,7-8,16-17H2,1-6H3,(H,27,30)/t20-,24-/m0/s1. The summed E-state index contributed by atoms with van der Waals surface area (Å²) in [6.45, 7) is 10.1. The molecule has 2 rings (SSSR count). The van der Waals surface area contributed by atoms with Crippen molar-refractivity contribution in [2.75, 3.05) is 13.7 Å². The number of methoxy groups -OCH3 is 1. The lowest BCUT2D eigenvalue weighted by Gasteiger charge is -2.31. The van der Waals surface area contributed by atoms with Crippen LogP contribution in [0.1, 0.15) is 50.3 Å². The average molecular weight is 441 g/mol. The lowest BCUT2D eigenvalue weighted by Crippen LogP contribution is -2.51. The molecule has 0 heterocycles. The summed E-state index contributed by atoms with van der Waals surface area (Å²) in [5, 5.41) is 3.01. The molecule has 2 aromatic rings. The van der Waals surface area contributed by atoms with Crippen LogP contribution in [-0.2, 0) is 16.1 Å². The van der Waals surface area contributed by atoms with Crippen LogP contribution in [0.4, 0.5) is 0 Å². The Hall–Kier alpha value is -3.02. The van der Waals surface area contributed by atoms with Crippen molar-refractivity contribution in [3.05, 3.63) is 59.2 Å². The highest BCUT2D eigenvalue weighted by molar-refractivity contribution is 5.88. The van der Waals surface area contributed by atoms with Crippen molar-refractivity contribution in [1.82, 2.24) is 10.2 Å². The first-order valence-corrected chi connectivity index (χ1v) is 11.2. The average Bonchev–Trinajstić information content (AvgIpc) is 2.79. The van der Waals surface area contributed by atoms with Crippen molar-refractivity contribution < 1.29 is 19.1 Å². The number of nitrogens with one attached hydrogen (secondary N) is 1. The van der Waals surface area contributed by atoms with Crippen molar-refractivity contribution in [2.24, 2.45) is 0 Å². The van der Waals surface area contributed by atoms with Crippen molar-refractivity contribution in [2.45, 2.75) is 66.1 Å². The fourth-order valence-electron chi connectivity index (χ4n) is 3.32. The molecule has 0 unspecified atom stereocenters. The molecule has 2 atom stereocenters. The number of ether oxygens (including phenoxy) is 2. The second-order valence-corrected chi connectivity index (χ2v) is 8.15. The number of rotatable bonds is 11. The summed E-state index contributed by atoms with van der Waals surface area (Å²) in [6, 6.07) is 12.7. The molecule has 0 aliphatic heterocycles. The zero-order valence-corrected chi connectivity index (χ0v) is 20.1. The highest BCUT2D eigenvalue weighted by atomic mass is 16.5. The molecule has 0 saturated carbocycles. The Balaban J connectivity index is 2.22. The van der Waals surface area contributed by atoms with E-state index >= 15 is 0 Å². The highest BCUT2D eigenvalue weighted by Crippen LogP contribution is 2.19. The van der Waals surface area contributed by atoms with Gasteiger partial charge in [0.25, 0.3) is 5.91 Å². The summed E-state index contributed by atoms with van der Waals surface area (Å²) >= 11 is 0. The van der Waals surface area contributed by atoms with Gasteiger partial charge in [0.05, 0.1) is 7.11 Å². The van der Waals surface area contributed by atoms with Crippen molar-refractivity contribution in [1.29, 1.82) is 0 Å². The Kier molecular flexibility index (Phi) is 9.57. The van der Waals surface area contributed by atoms with E-state index in [2.05, 4.69) is 5.32 Å². The third-order valence-corrected chi connectivity index (χ3v) is 5.74. The van der Waals surface area contributed by atoms with E-state index < -0.39 is 6.04 Å².